The van der Waals surface area contributed by atoms with Gasteiger partial charge in [-0.1, -0.05) is 11.6 Å². The number of thiazole rings is 1. The zero-order valence-corrected chi connectivity index (χ0v) is 14.9. The van der Waals surface area contributed by atoms with Crippen LogP contribution in [-0.4, -0.2) is 26.4 Å². The van der Waals surface area contributed by atoms with Gasteiger partial charge in [0.15, 0.2) is 4.47 Å². The molecule has 0 saturated heterocycles. The summed E-state index contributed by atoms with van der Waals surface area (Å²) in [6.45, 7) is 4.65. The lowest BCUT2D eigenvalue weighted by Crippen LogP contribution is -2.36. The van der Waals surface area contributed by atoms with E-state index >= 15 is 0 Å². The SMILES string of the molecule is CC(C)N(Cc1cccn1C)C(=O)c1ccc2nc(Cl)sc2c1. The Morgan fingerprint density at radius 3 is 2.83 bits per heavy atom. The maximum atomic E-state index is 12.9. The molecule has 4 nitrogen and oxygen atoms in total. The first kappa shape index (κ1) is 16.0. The highest BCUT2D eigenvalue weighted by Gasteiger charge is 2.20. The lowest BCUT2D eigenvalue weighted by atomic mass is 10.1. The fraction of sp³-hybridized carbons (Fsp3) is 0.294. The number of aryl methyl sites for hydroxylation is 1. The Morgan fingerprint density at radius 2 is 2.17 bits per heavy atom. The molecule has 0 aliphatic heterocycles. The lowest BCUT2D eigenvalue weighted by molar-refractivity contribution is 0.0686. The minimum Gasteiger partial charge on any atom is -0.353 e. The first-order chi connectivity index (χ1) is 11.0. The van der Waals surface area contributed by atoms with Crippen molar-refractivity contribution in [2.24, 2.45) is 7.05 Å². The molecular formula is C17H18ClN3OS. The predicted octanol–water partition coefficient (Wildman–Crippen LogP) is 4.34. The average Bonchev–Trinajstić information content (AvgIpc) is 3.07. The Kier molecular flexibility index (Phi) is 4.41. The number of hydrogen-bond acceptors (Lipinski definition) is 3. The molecule has 0 aliphatic carbocycles. The molecule has 2 aromatic heterocycles. The molecule has 6 heteroatoms. The van der Waals surface area contributed by atoms with E-state index in [9.17, 15) is 4.79 Å². The van der Waals surface area contributed by atoms with Crippen LogP contribution in [-0.2, 0) is 13.6 Å². The number of nitrogens with zero attached hydrogens (tertiary/aromatic N) is 3. The number of fused-ring (bicyclic) bond motifs is 1. The Labute approximate surface area is 144 Å². The van der Waals surface area contributed by atoms with Gasteiger partial charge < -0.3 is 9.47 Å². The molecule has 3 aromatic rings. The predicted molar refractivity (Wildman–Crippen MR) is 95.1 cm³/mol. The van der Waals surface area contributed by atoms with Gasteiger partial charge in [0.25, 0.3) is 5.91 Å². The van der Waals surface area contributed by atoms with E-state index in [1.807, 2.05) is 66.9 Å². The van der Waals surface area contributed by atoms with E-state index < -0.39 is 0 Å². The second-order valence-electron chi connectivity index (χ2n) is 5.79. The number of benzene rings is 1. The number of aromatic nitrogens is 2. The standard InChI is InChI=1S/C17H18ClN3OS/c1-11(2)21(10-13-5-4-8-20(13)3)16(22)12-6-7-14-15(9-12)23-17(18)19-14/h4-9,11H,10H2,1-3H3. The molecule has 0 bridgehead atoms. The molecule has 0 aliphatic rings. The van der Waals surface area contributed by atoms with Crippen molar-refractivity contribution >= 4 is 39.1 Å². The van der Waals surface area contributed by atoms with Crippen molar-refractivity contribution < 1.29 is 4.79 Å². The van der Waals surface area contributed by atoms with Crippen molar-refractivity contribution in [3.8, 4) is 0 Å². The number of carbonyl (C=O) groups is 1. The van der Waals surface area contributed by atoms with Gasteiger partial charge in [0.2, 0.25) is 0 Å². The molecule has 3 rings (SSSR count). The number of rotatable bonds is 4. The Bertz CT molecular complexity index is 853. The number of amides is 1. The lowest BCUT2D eigenvalue weighted by Gasteiger charge is -2.27. The maximum Gasteiger partial charge on any atom is 0.254 e. The highest BCUT2D eigenvalue weighted by atomic mass is 35.5. The van der Waals surface area contributed by atoms with E-state index in [0.29, 0.717) is 16.6 Å². The largest absolute Gasteiger partial charge is 0.353 e. The maximum absolute atomic E-state index is 12.9. The molecule has 0 unspecified atom stereocenters. The van der Waals surface area contributed by atoms with Crippen LogP contribution in [0.4, 0.5) is 0 Å². The Morgan fingerprint density at radius 1 is 1.39 bits per heavy atom. The second-order valence-corrected chi connectivity index (χ2v) is 7.40. The van der Waals surface area contributed by atoms with Crippen LogP contribution < -0.4 is 0 Å². The molecule has 120 valence electrons. The molecule has 1 aromatic carbocycles. The Hall–Kier alpha value is -1.85. The molecule has 0 N–H and O–H groups in total. The summed E-state index contributed by atoms with van der Waals surface area (Å²) in [4.78, 5) is 19.0. The topological polar surface area (TPSA) is 38.1 Å². The summed E-state index contributed by atoms with van der Waals surface area (Å²) >= 11 is 7.34. The van der Waals surface area contributed by atoms with Gasteiger partial charge in [-0.15, -0.1) is 11.3 Å². The van der Waals surface area contributed by atoms with Crippen LogP contribution in [0.2, 0.25) is 4.47 Å². The van der Waals surface area contributed by atoms with E-state index in [1.165, 1.54) is 11.3 Å². The summed E-state index contributed by atoms with van der Waals surface area (Å²) in [7, 11) is 1.99. The highest BCUT2D eigenvalue weighted by molar-refractivity contribution is 7.22. The minimum absolute atomic E-state index is 0.0209. The van der Waals surface area contributed by atoms with Crippen molar-refractivity contribution in [3.63, 3.8) is 0 Å². The van der Waals surface area contributed by atoms with Gasteiger partial charge in [-0.05, 0) is 44.2 Å². The smallest absolute Gasteiger partial charge is 0.254 e. The average molecular weight is 348 g/mol. The molecule has 0 spiro atoms. The van der Waals surface area contributed by atoms with Crippen LogP contribution in [0, 0.1) is 0 Å². The summed E-state index contributed by atoms with van der Waals surface area (Å²) in [5.41, 5.74) is 2.60. The van der Waals surface area contributed by atoms with Crippen LogP contribution in [0.3, 0.4) is 0 Å². The van der Waals surface area contributed by atoms with Crippen molar-refractivity contribution in [1.29, 1.82) is 0 Å². The van der Waals surface area contributed by atoms with Crippen LogP contribution in [0.1, 0.15) is 29.9 Å². The molecule has 2 heterocycles. The van der Waals surface area contributed by atoms with Crippen molar-refractivity contribution in [3.05, 3.63) is 52.3 Å². The van der Waals surface area contributed by atoms with Gasteiger partial charge in [-0.3, -0.25) is 4.79 Å². The summed E-state index contributed by atoms with van der Waals surface area (Å²) in [6, 6.07) is 9.69. The van der Waals surface area contributed by atoms with E-state index in [0.717, 1.165) is 15.9 Å². The van der Waals surface area contributed by atoms with Gasteiger partial charge in [0, 0.05) is 30.5 Å². The summed E-state index contributed by atoms with van der Waals surface area (Å²) in [6.07, 6.45) is 1.99. The van der Waals surface area contributed by atoms with Crippen LogP contribution in [0.5, 0.6) is 0 Å². The monoisotopic (exact) mass is 347 g/mol. The summed E-state index contributed by atoms with van der Waals surface area (Å²) < 4.78 is 3.46. The van der Waals surface area contributed by atoms with Gasteiger partial charge in [-0.2, -0.15) is 0 Å². The highest BCUT2D eigenvalue weighted by Crippen LogP contribution is 2.27. The normalized spacial score (nSPS) is 11.3. The molecule has 0 atom stereocenters. The zero-order valence-electron chi connectivity index (χ0n) is 13.3. The van der Waals surface area contributed by atoms with Gasteiger partial charge in [0.1, 0.15) is 0 Å². The zero-order chi connectivity index (χ0) is 16.6. The van der Waals surface area contributed by atoms with Crippen molar-refractivity contribution in [2.75, 3.05) is 0 Å². The summed E-state index contributed by atoms with van der Waals surface area (Å²) in [5.74, 6) is 0.0209. The van der Waals surface area contributed by atoms with Gasteiger partial charge in [-0.25, -0.2) is 4.98 Å². The molecule has 0 saturated carbocycles. The third kappa shape index (κ3) is 3.26. The molecule has 0 fully saturated rings. The first-order valence-corrected chi connectivity index (χ1v) is 8.62. The van der Waals surface area contributed by atoms with Gasteiger partial charge in [0.05, 0.1) is 16.8 Å². The van der Waals surface area contributed by atoms with E-state index in [4.69, 9.17) is 11.6 Å². The van der Waals surface area contributed by atoms with Gasteiger partial charge >= 0.3 is 0 Å². The third-order valence-electron chi connectivity index (χ3n) is 3.88. The van der Waals surface area contributed by atoms with Crippen molar-refractivity contribution in [2.45, 2.75) is 26.4 Å². The Balaban J connectivity index is 1.91. The van der Waals surface area contributed by atoms with Crippen LogP contribution in [0.25, 0.3) is 10.2 Å². The fourth-order valence-corrected chi connectivity index (χ4v) is 3.59. The fourth-order valence-electron chi connectivity index (χ4n) is 2.52. The quantitative estimate of drug-likeness (QED) is 0.704. The minimum atomic E-state index is 0.0209. The number of carbonyl (C=O) groups excluding carboxylic acids is 1. The molecule has 23 heavy (non-hydrogen) atoms. The third-order valence-corrected chi connectivity index (χ3v) is 5.00. The van der Waals surface area contributed by atoms with E-state index in [2.05, 4.69) is 4.98 Å². The van der Waals surface area contributed by atoms with E-state index in [-0.39, 0.29) is 11.9 Å². The first-order valence-electron chi connectivity index (χ1n) is 7.43. The number of hydrogen-bond donors (Lipinski definition) is 0. The molecule has 0 radical (unpaired) electrons. The van der Waals surface area contributed by atoms with E-state index in [1.54, 1.807) is 0 Å². The van der Waals surface area contributed by atoms with Crippen LogP contribution in [0.15, 0.2) is 36.5 Å². The van der Waals surface area contributed by atoms with Crippen LogP contribution >= 0.6 is 22.9 Å². The van der Waals surface area contributed by atoms with Crippen molar-refractivity contribution in [1.82, 2.24) is 14.5 Å². The second kappa shape index (κ2) is 6.34. The number of halogens is 1. The molecular weight excluding hydrogens is 330 g/mol. The summed E-state index contributed by atoms with van der Waals surface area (Å²) in [5, 5.41) is 0. The molecule has 1 amide bonds.